The van der Waals surface area contributed by atoms with Gasteiger partial charge in [-0.1, -0.05) is 11.6 Å². The van der Waals surface area contributed by atoms with E-state index in [0.29, 0.717) is 18.1 Å². The van der Waals surface area contributed by atoms with Crippen molar-refractivity contribution in [2.75, 3.05) is 11.9 Å². The van der Waals surface area contributed by atoms with Gasteiger partial charge in [0.15, 0.2) is 0 Å². The quantitative estimate of drug-likeness (QED) is 0.875. The molecule has 0 saturated carbocycles. The lowest BCUT2D eigenvalue weighted by molar-refractivity contribution is 0.355. The van der Waals surface area contributed by atoms with Gasteiger partial charge in [0, 0.05) is 37.6 Å². The number of hydrogen-bond donors (Lipinski definition) is 1. The number of fused-ring (bicyclic) bond motifs is 2. The van der Waals surface area contributed by atoms with Crippen LogP contribution in [0.4, 0.5) is 5.69 Å². The second-order valence-electron chi connectivity index (χ2n) is 5.20. The largest absolute Gasteiger partial charge is 0.370 e. The van der Waals surface area contributed by atoms with Crippen LogP contribution in [0.5, 0.6) is 0 Å². The summed E-state index contributed by atoms with van der Waals surface area (Å²) in [5.74, 6) is 0. The molecule has 3 rings (SSSR count). The van der Waals surface area contributed by atoms with E-state index in [1.807, 2.05) is 12.3 Å². The van der Waals surface area contributed by atoms with Crippen LogP contribution >= 0.6 is 11.6 Å². The lowest BCUT2D eigenvalue weighted by Crippen LogP contribution is -2.47. The zero-order valence-corrected chi connectivity index (χ0v) is 10.8. The first-order valence-corrected chi connectivity index (χ1v) is 6.70. The molecule has 3 heterocycles. The van der Waals surface area contributed by atoms with Gasteiger partial charge >= 0.3 is 0 Å². The van der Waals surface area contributed by atoms with Crippen LogP contribution in [0, 0.1) is 0 Å². The van der Waals surface area contributed by atoms with Crippen LogP contribution in [-0.4, -0.2) is 30.2 Å². The molecule has 2 saturated heterocycles. The number of anilines is 1. The van der Waals surface area contributed by atoms with Gasteiger partial charge in [0.2, 0.25) is 0 Å². The second kappa shape index (κ2) is 4.46. The fraction of sp³-hybridized carbons (Fsp3) is 0.615. The highest BCUT2D eigenvalue weighted by Gasteiger charge is 2.35. The summed E-state index contributed by atoms with van der Waals surface area (Å²) in [6.07, 6.45) is 8.66. The molecule has 2 aliphatic heterocycles. The van der Waals surface area contributed by atoms with E-state index in [2.05, 4.69) is 22.2 Å². The fourth-order valence-electron chi connectivity index (χ4n) is 3.19. The van der Waals surface area contributed by atoms with E-state index in [-0.39, 0.29) is 0 Å². The molecular formula is C13H18ClN3. The predicted molar refractivity (Wildman–Crippen MR) is 70.6 cm³/mol. The van der Waals surface area contributed by atoms with Crippen molar-refractivity contribution in [3.8, 4) is 0 Å². The zero-order chi connectivity index (χ0) is 11.8. The number of piperidine rings is 1. The average molecular weight is 252 g/mol. The van der Waals surface area contributed by atoms with Gasteiger partial charge in [0.05, 0.1) is 10.7 Å². The second-order valence-corrected chi connectivity index (χ2v) is 5.61. The molecule has 4 heteroatoms. The van der Waals surface area contributed by atoms with Crippen molar-refractivity contribution >= 4 is 17.3 Å². The molecule has 2 bridgehead atoms. The van der Waals surface area contributed by atoms with Gasteiger partial charge in [0.25, 0.3) is 0 Å². The molecule has 0 spiro atoms. The van der Waals surface area contributed by atoms with E-state index in [1.165, 1.54) is 25.7 Å². The van der Waals surface area contributed by atoms with Gasteiger partial charge < -0.3 is 10.2 Å². The van der Waals surface area contributed by atoms with Crippen LogP contribution in [0.15, 0.2) is 18.5 Å². The molecular weight excluding hydrogens is 234 g/mol. The molecule has 3 nitrogen and oxygen atoms in total. The smallest absolute Gasteiger partial charge is 0.0822 e. The van der Waals surface area contributed by atoms with Crippen molar-refractivity contribution in [1.82, 2.24) is 10.3 Å². The molecule has 2 unspecified atom stereocenters. The summed E-state index contributed by atoms with van der Waals surface area (Å²) < 4.78 is 0. The zero-order valence-electron chi connectivity index (χ0n) is 10.1. The van der Waals surface area contributed by atoms with E-state index < -0.39 is 0 Å². The Kier molecular flexibility index (Phi) is 2.97. The molecule has 0 amide bonds. The molecule has 2 atom stereocenters. The van der Waals surface area contributed by atoms with Crippen molar-refractivity contribution in [1.29, 1.82) is 0 Å². The van der Waals surface area contributed by atoms with Gasteiger partial charge in [-0.25, -0.2) is 0 Å². The van der Waals surface area contributed by atoms with E-state index in [4.69, 9.17) is 11.6 Å². The Bertz CT molecular complexity index is 397. The lowest BCUT2D eigenvalue weighted by Gasteiger charge is -2.37. The van der Waals surface area contributed by atoms with Crippen molar-refractivity contribution < 1.29 is 0 Å². The first-order chi connectivity index (χ1) is 8.24. The highest BCUT2D eigenvalue weighted by molar-refractivity contribution is 6.33. The Morgan fingerprint density at radius 3 is 2.71 bits per heavy atom. The SMILES string of the molecule is CN(c1ccncc1Cl)C1CC2CCC(C1)N2. The number of halogens is 1. The molecule has 1 N–H and O–H groups in total. The first kappa shape index (κ1) is 11.3. The molecule has 0 aliphatic carbocycles. The third-order valence-electron chi connectivity index (χ3n) is 4.13. The minimum absolute atomic E-state index is 0.605. The third kappa shape index (κ3) is 2.14. The molecule has 0 aromatic carbocycles. The Morgan fingerprint density at radius 2 is 2.06 bits per heavy atom. The van der Waals surface area contributed by atoms with Gasteiger partial charge in [-0.3, -0.25) is 4.98 Å². The predicted octanol–water partition coefficient (Wildman–Crippen LogP) is 2.45. The number of pyridine rings is 1. The minimum Gasteiger partial charge on any atom is -0.370 e. The number of hydrogen-bond acceptors (Lipinski definition) is 3. The summed E-state index contributed by atoms with van der Waals surface area (Å²) in [7, 11) is 2.15. The molecule has 1 aromatic heterocycles. The molecule has 17 heavy (non-hydrogen) atoms. The monoisotopic (exact) mass is 251 g/mol. The highest BCUT2D eigenvalue weighted by Crippen LogP contribution is 2.33. The van der Waals surface area contributed by atoms with E-state index in [9.17, 15) is 0 Å². The number of aromatic nitrogens is 1. The number of rotatable bonds is 2. The van der Waals surface area contributed by atoms with E-state index in [0.717, 1.165) is 10.7 Å². The average Bonchev–Trinajstić information content (AvgIpc) is 2.68. The van der Waals surface area contributed by atoms with Crippen molar-refractivity contribution in [3.63, 3.8) is 0 Å². The molecule has 92 valence electrons. The normalized spacial score (nSPS) is 31.5. The Labute approximate surface area is 107 Å². The summed E-state index contributed by atoms with van der Waals surface area (Å²) in [5.41, 5.74) is 1.10. The Balaban J connectivity index is 1.78. The van der Waals surface area contributed by atoms with Gasteiger partial charge in [-0.15, -0.1) is 0 Å². The van der Waals surface area contributed by atoms with E-state index >= 15 is 0 Å². The van der Waals surface area contributed by atoms with Crippen LogP contribution in [0.1, 0.15) is 25.7 Å². The van der Waals surface area contributed by atoms with Gasteiger partial charge in [-0.05, 0) is 31.7 Å². The van der Waals surface area contributed by atoms with Crippen LogP contribution in [0.3, 0.4) is 0 Å². The van der Waals surface area contributed by atoms with Crippen LogP contribution in [-0.2, 0) is 0 Å². The van der Waals surface area contributed by atoms with Crippen molar-refractivity contribution in [3.05, 3.63) is 23.5 Å². The summed E-state index contributed by atoms with van der Waals surface area (Å²) in [4.78, 5) is 6.37. The van der Waals surface area contributed by atoms with Gasteiger partial charge in [-0.2, -0.15) is 0 Å². The standard InChI is InChI=1S/C13H18ClN3/c1-17(13-4-5-15-8-12(13)14)11-6-9-2-3-10(7-11)16-9/h4-5,8-11,16H,2-3,6-7H2,1H3. The highest BCUT2D eigenvalue weighted by atomic mass is 35.5. The molecule has 2 aliphatic rings. The summed E-state index contributed by atoms with van der Waals surface area (Å²) >= 11 is 6.21. The Morgan fingerprint density at radius 1 is 1.35 bits per heavy atom. The third-order valence-corrected chi connectivity index (χ3v) is 4.42. The summed E-state index contributed by atoms with van der Waals surface area (Å²) in [5, 5.41) is 4.42. The minimum atomic E-state index is 0.605. The Hall–Kier alpha value is -0.800. The van der Waals surface area contributed by atoms with Crippen LogP contribution in [0.2, 0.25) is 5.02 Å². The first-order valence-electron chi connectivity index (χ1n) is 6.32. The van der Waals surface area contributed by atoms with Crippen LogP contribution < -0.4 is 10.2 Å². The van der Waals surface area contributed by atoms with Crippen molar-refractivity contribution in [2.24, 2.45) is 0 Å². The molecule has 2 fully saturated rings. The topological polar surface area (TPSA) is 28.2 Å². The van der Waals surface area contributed by atoms with Gasteiger partial charge in [0.1, 0.15) is 0 Å². The number of nitrogens with one attached hydrogen (secondary N) is 1. The number of nitrogens with zero attached hydrogens (tertiary/aromatic N) is 2. The van der Waals surface area contributed by atoms with E-state index in [1.54, 1.807) is 6.20 Å². The summed E-state index contributed by atoms with van der Waals surface area (Å²) in [6.45, 7) is 0. The maximum Gasteiger partial charge on any atom is 0.0822 e. The van der Waals surface area contributed by atoms with Crippen molar-refractivity contribution in [2.45, 2.75) is 43.8 Å². The fourth-order valence-corrected chi connectivity index (χ4v) is 3.45. The molecule has 1 aromatic rings. The summed E-state index contributed by atoms with van der Waals surface area (Å²) in [6, 6.07) is 4.03. The van der Waals surface area contributed by atoms with Crippen LogP contribution in [0.25, 0.3) is 0 Å². The lowest BCUT2D eigenvalue weighted by atomic mass is 9.98. The molecule has 0 radical (unpaired) electrons. The maximum absolute atomic E-state index is 6.21. The maximum atomic E-state index is 6.21.